The first-order valence-corrected chi connectivity index (χ1v) is 2.96. The minimum Gasteiger partial charge on any atom is -0.190 e. The Hall–Kier alpha value is -1.62. The van der Waals surface area contributed by atoms with Crippen molar-refractivity contribution >= 4 is 6.21 Å². The van der Waals surface area contributed by atoms with Gasteiger partial charge >= 0.3 is 6.19 Å². The summed E-state index contributed by atoms with van der Waals surface area (Å²) in [4.78, 5) is 2.45. The zero-order valence-electron chi connectivity index (χ0n) is 5.41. The van der Waals surface area contributed by atoms with Crippen LogP contribution in [0.2, 0.25) is 0 Å². The molecule has 0 aliphatic rings. The molecule has 1 N–H and O–H groups in total. The van der Waals surface area contributed by atoms with Crippen molar-refractivity contribution in [2.45, 2.75) is 0 Å². The highest BCUT2D eigenvalue weighted by Gasteiger charge is 1.82. The lowest BCUT2D eigenvalue weighted by atomic mass is 10.2. The van der Waals surface area contributed by atoms with E-state index in [-0.39, 0.29) is 0 Å². The molecule has 2 heteroatoms. The van der Waals surface area contributed by atoms with E-state index in [2.05, 4.69) is 4.99 Å². The van der Waals surface area contributed by atoms with E-state index in [0.29, 0.717) is 0 Å². The lowest BCUT2D eigenvalue weighted by Crippen LogP contribution is -2.62. The number of rotatable bonds is 1. The Morgan fingerprint density at radius 1 is 1.30 bits per heavy atom. The van der Waals surface area contributed by atoms with Crippen molar-refractivity contribution in [1.82, 2.24) is 0 Å². The fourth-order valence-electron chi connectivity index (χ4n) is 0.665. The summed E-state index contributed by atoms with van der Waals surface area (Å²) in [6.45, 7) is 0. The predicted octanol–water partition coefficient (Wildman–Crippen LogP) is -0.333. The monoisotopic (exact) mass is 131 g/mol. The van der Waals surface area contributed by atoms with Gasteiger partial charge in [-0.05, 0) is 0 Å². The smallest absolute Gasteiger partial charge is 0.190 e. The Labute approximate surface area is 59.4 Å². The van der Waals surface area contributed by atoms with E-state index < -0.39 is 0 Å². The van der Waals surface area contributed by atoms with E-state index in [1.165, 1.54) is 0 Å². The molecular formula is C8H7N2+. The summed E-state index contributed by atoms with van der Waals surface area (Å²) in [6, 6.07) is 9.62. The molecule has 0 unspecified atom stereocenters. The lowest BCUT2D eigenvalue weighted by Gasteiger charge is -1.83. The molecule has 0 saturated carbocycles. The standard InChI is InChI=1S/C8H6N2/c9-7-10-6-8-4-2-1-3-5-8/h1-6H/p+1. The summed E-state index contributed by atoms with van der Waals surface area (Å²) >= 11 is 0. The highest BCUT2D eigenvalue weighted by molar-refractivity contribution is 5.74. The molecule has 0 heterocycles. The first kappa shape index (κ1) is 6.50. The van der Waals surface area contributed by atoms with E-state index in [9.17, 15) is 0 Å². The van der Waals surface area contributed by atoms with Crippen LogP contribution in [0.4, 0.5) is 0 Å². The summed E-state index contributed by atoms with van der Waals surface area (Å²) in [5.41, 5.74) is 1.00. The number of hydrogen-bond acceptors (Lipinski definition) is 1. The van der Waals surface area contributed by atoms with Crippen LogP contribution in [0.5, 0.6) is 0 Å². The second kappa shape index (κ2) is 3.41. The maximum Gasteiger partial charge on any atom is 0.456 e. The Bertz CT molecular complexity index is 256. The summed E-state index contributed by atoms with van der Waals surface area (Å²) in [5, 5.41) is 8.14. The second-order valence-electron chi connectivity index (χ2n) is 1.81. The fraction of sp³-hybridized carbons (Fsp3) is 0. The van der Waals surface area contributed by atoms with Crippen LogP contribution in [-0.4, -0.2) is 6.21 Å². The van der Waals surface area contributed by atoms with Gasteiger partial charge in [0.15, 0.2) is 5.26 Å². The quantitative estimate of drug-likeness (QED) is 0.316. The van der Waals surface area contributed by atoms with Crippen molar-refractivity contribution < 1.29 is 4.99 Å². The maximum atomic E-state index is 8.14. The molecule has 10 heavy (non-hydrogen) atoms. The molecule has 0 aromatic heterocycles. The van der Waals surface area contributed by atoms with Crippen molar-refractivity contribution in [3.8, 4) is 6.19 Å². The molecule has 0 spiro atoms. The van der Waals surface area contributed by atoms with Gasteiger partial charge in [-0.3, -0.25) is 0 Å². The summed E-state index contributed by atoms with van der Waals surface area (Å²) in [6.07, 6.45) is 3.46. The average molecular weight is 131 g/mol. The third kappa shape index (κ3) is 1.71. The van der Waals surface area contributed by atoms with Gasteiger partial charge in [0.05, 0.1) is 0 Å². The Morgan fingerprint density at radius 3 is 2.60 bits per heavy atom. The Balaban J connectivity index is 2.79. The van der Waals surface area contributed by atoms with Gasteiger partial charge in [0.1, 0.15) is 6.21 Å². The molecule has 0 amide bonds. The average Bonchev–Trinajstić information content (AvgIpc) is 2.03. The number of nitriles is 1. The third-order valence-corrected chi connectivity index (χ3v) is 1.10. The van der Waals surface area contributed by atoms with Crippen LogP contribution in [0.1, 0.15) is 5.56 Å². The zero-order chi connectivity index (χ0) is 7.23. The van der Waals surface area contributed by atoms with Gasteiger partial charge in [0.25, 0.3) is 0 Å². The van der Waals surface area contributed by atoms with Crippen molar-refractivity contribution in [3.63, 3.8) is 0 Å². The van der Waals surface area contributed by atoms with Gasteiger partial charge in [-0.15, -0.1) is 0 Å². The molecule has 0 aliphatic heterocycles. The number of nitrogens with zero attached hydrogens (tertiary/aromatic N) is 1. The van der Waals surface area contributed by atoms with Crippen LogP contribution in [0.25, 0.3) is 0 Å². The van der Waals surface area contributed by atoms with Crippen LogP contribution in [0, 0.1) is 11.5 Å². The molecule has 0 fully saturated rings. The van der Waals surface area contributed by atoms with E-state index >= 15 is 0 Å². The van der Waals surface area contributed by atoms with Crippen LogP contribution in [0.15, 0.2) is 30.3 Å². The van der Waals surface area contributed by atoms with Crippen molar-refractivity contribution in [3.05, 3.63) is 35.9 Å². The molecule has 1 aromatic rings. The summed E-state index contributed by atoms with van der Waals surface area (Å²) in [7, 11) is 0. The number of nitrogens with one attached hydrogen (secondary N) is 1. The molecular weight excluding hydrogens is 124 g/mol. The molecule has 0 bridgehead atoms. The number of hydrogen-bond donors (Lipinski definition) is 1. The molecule has 1 rings (SSSR count). The van der Waals surface area contributed by atoms with Gasteiger partial charge in [-0.1, -0.05) is 30.3 Å². The minimum atomic E-state index is 1.00. The molecule has 48 valence electrons. The third-order valence-electron chi connectivity index (χ3n) is 1.10. The molecule has 0 aliphatic carbocycles. The van der Waals surface area contributed by atoms with E-state index in [1.54, 1.807) is 6.21 Å². The first-order chi connectivity index (χ1) is 4.93. The Kier molecular flexibility index (Phi) is 2.22. The van der Waals surface area contributed by atoms with Gasteiger partial charge < -0.3 is 0 Å². The van der Waals surface area contributed by atoms with Crippen molar-refractivity contribution in [2.75, 3.05) is 0 Å². The summed E-state index contributed by atoms with van der Waals surface area (Å²) in [5.74, 6) is 0. The van der Waals surface area contributed by atoms with Crippen molar-refractivity contribution in [2.24, 2.45) is 0 Å². The molecule has 2 nitrogen and oxygen atoms in total. The topological polar surface area (TPSA) is 37.8 Å². The SMILES string of the molecule is N#C[NH+]=Cc1ccccc1. The summed E-state index contributed by atoms with van der Waals surface area (Å²) < 4.78 is 0. The maximum absolute atomic E-state index is 8.14. The molecule has 0 atom stereocenters. The van der Waals surface area contributed by atoms with E-state index in [0.717, 1.165) is 5.56 Å². The molecule has 0 radical (unpaired) electrons. The predicted molar refractivity (Wildman–Crippen MR) is 38.2 cm³/mol. The van der Waals surface area contributed by atoms with E-state index in [1.807, 2.05) is 36.5 Å². The minimum absolute atomic E-state index is 1.00. The zero-order valence-corrected chi connectivity index (χ0v) is 5.41. The Morgan fingerprint density at radius 2 is 2.00 bits per heavy atom. The fourth-order valence-corrected chi connectivity index (χ4v) is 0.665. The van der Waals surface area contributed by atoms with Crippen LogP contribution < -0.4 is 4.99 Å². The largest absolute Gasteiger partial charge is 0.456 e. The van der Waals surface area contributed by atoms with Gasteiger partial charge in [-0.2, -0.15) is 4.99 Å². The second-order valence-corrected chi connectivity index (χ2v) is 1.81. The van der Waals surface area contributed by atoms with Gasteiger partial charge in [0, 0.05) is 5.56 Å². The normalized spacial score (nSPS) is 9.50. The van der Waals surface area contributed by atoms with Crippen molar-refractivity contribution in [1.29, 1.82) is 5.26 Å². The number of benzene rings is 1. The highest BCUT2D eigenvalue weighted by atomic mass is 14.7. The molecule has 1 aromatic carbocycles. The molecule has 0 saturated heterocycles. The van der Waals surface area contributed by atoms with Crippen LogP contribution in [-0.2, 0) is 0 Å². The van der Waals surface area contributed by atoms with E-state index in [4.69, 9.17) is 5.26 Å². The highest BCUT2D eigenvalue weighted by Crippen LogP contribution is 1.90. The first-order valence-electron chi connectivity index (χ1n) is 2.96. The van der Waals surface area contributed by atoms with Crippen LogP contribution >= 0.6 is 0 Å². The lowest BCUT2D eigenvalue weighted by molar-refractivity contribution is -0.344. The van der Waals surface area contributed by atoms with Crippen LogP contribution in [0.3, 0.4) is 0 Å². The van der Waals surface area contributed by atoms with Gasteiger partial charge in [-0.25, -0.2) is 0 Å². The van der Waals surface area contributed by atoms with Gasteiger partial charge in [0.2, 0.25) is 0 Å².